The normalized spacial score (nSPS) is 0. The van der Waals surface area contributed by atoms with Crippen molar-refractivity contribution in [3.63, 3.8) is 0 Å². The molecule has 0 bridgehead atoms. The summed E-state index contributed by atoms with van der Waals surface area (Å²) in [4.78, 5) is 0. The summed E-state index contributed by atoms with van der Waals surface area (Å²) in [7, 11) is 0. The molecule has 0 atom stereocenters. The molecule has 3 N–H and O–H groups in total. The van der Waals surface area contributed by atoms with E-state index in [1.54, 1.807) is 0 Å². The molecule has 0 rings (SSSR count). The second-order valence-corrected chi connectivity index (χ2v) is 0. The minimum Gasteiger partial charge on any atom is -0.870 e. The predicted octanol–water partition coefficient (Wildman–Crippen LogP) is -9.52. The van der Waals surface area contributed by atoms with Crippen LogP contribution in [0.15, 0.2) is 0 Å². The molecule has 0 heterocycles. The Morgan fingerprint density at radius 2 is 0.333 bits per heavy atom. The molecule has 0 aliphatic heterocycles. The molecular weight excluding hydrogens is 117 g/mol. The standard InChI is InChI=1S/3Na.3H2O/h;;;3*1H2/q3*+1;;;/p-3. The van der Waals surface area contributed by atoms with Crippen LogP contribution in [-0.4, -0.2) is 16.4 Å². The van der Waals surface area contributed by atoms with E-state index >= 15 is 0 Å². The molecule has 0 aromatic heterocycles. The van der Waals surface area contributed by atoms with E-state index in [4.69, 9.17) is 0 Å². The van der Waals surface area contributed by atoms with Crippen molar-refractivity contribution in [2.75, 3.05) is 0 Å². The zero-order valence-corrected chi connectivity index (χ0v) is 10.3. The second kappa shape index (κ2) is 45.0. The van der Waals surface area contributed by atoms with Crippen molar-refractivity contribution in [1.29, 1.82) is 0 Å². The second-order valence-electron chi connectivity index (χ2n) is 0. The predicted molar refractivity (Wildman–Crippen MR) is 5.81 cm³/mol. The monoisotopic (exact) mass is 120 g/mol. The van der Waals surface area contributed by atoms with Gasteiger partial charge in [0, 0.05) is 0 Å². The molecule has 0 aliphatic rings. The van der Waals surface area contributed by atoms with Crippen molar-refractivity contribution >= 4 is 0 Å². The molecule has 0 aromatic carbocycles. The molecule has 0 radical (unpaired) electrons. The maximum Gasteiger partial charge on any atom is 1.00 e. The molecule has 3 nitrogen and oxygen atoms in total. The Kier molecular flexibility index (Phi) is 498. The van der Waals surface area contributed by atoms with Crippen molar-refractivity contribution in [3.05, 3.63) is 0 Å². The fourth-order valence-electron chi connectivity index (χ4n) is 0. The van der Waals surface area contributed by atoms with Crippen LogP contribution >= 0.6 is 0 Å². The summed E-state index contributed by atoms with van der Waals surface area (Å²) in [6.45, 7) is 0. The summed E-state index contributed by atoms with van der Waals surface area (Å²) in [5.41, 5.74) is 0. The van der Waals surface area contributed by atoms with Crippen molar-refractivity contribution in [2.45, 2.75) is 0 Å². The largest absolute Gasteiger partial charge is 1.00 e. The molecule has 6 heteroatoms. The Labute approximate surface area is 103 Å². The summed E-state index contributed by atoms with van der Waals surface area (Å²) in [6.07, 6.45) is 0. The molecule has 0 amide bonds. The smallest absolute Gasteiger partial charge is 0.870 e. The van der Waals surface area contributed by atoms with Crippen LogP contribution in [0, 0.1) is 0 Å². The molecule has 6 heavy (non-hydrogen) atoms. The molecule has 0 saturated heterocycles. The summed E-state index contributed by atoms with van der Waals surface area (Å²) in [6, 6.07) is 0. The Morgan fingerprint density at radius 1 is 0.333 bits per heavy atom. The van der Waals surface area contributed by atoms with Crippen LogP contribution in [0.1, 0.15) is 0 Å². The molecule has 0 spiro atoms. The number of hydrogen-bond acceptors (Lipinski definition) is 3. The van der Waals surface area contributed by atoms with Crippen molar-refractivity contribution in [3.8, 4) is 0 Å². The van der Waals surface area contributed by atoms with E-state index in [9.17, 15) is 0 Å². The first-order valence-corrected chi connectivity index (χ1v) is 0. The van der Waals surface area contributed by atoms with E-state index in [0.717, 1.165) is 0 Å². The third-order valence-corrected chi connectivity index (χ3v) is 0. The van der Waals surface area contributed by atoms with Crippen LogP contribution in [0.5, 0.6) is 0 Å². The van der Waals surface area contributed by atoms with Gasteiger partial charge < -0.3 is 16.4 Å². The van der Waals surface area contributed by atoms with Gasteiger partial charge in [0.15, 0.2) is 0 Å². The Morgan fingerprint density at radius 3 is 0.333 bits per heavy atom. The van der Waals surface area contributed by atoms with Crippen LogP contribution in [0.3, 0.4) is 0 Å². The van der Waals surface area contributed by atoms with Crippen LogP contribution < -0.4 is 88.7 Å². The minimum absolute atomic E-state index is 0. The van der Waals surface area contributed by atoms with Gasteiger partial charge in [-0.25, -0.2) is 0 Å². The molecule has 0 aliphatic carbocycles. The van der Waals surface area contributed by atoms with E-state index in [0.29, 0.717) is 0 Å². The fourth-order valence-corrected chi connectivity index (χ4v) is 0. The number of rotatable bonds is 0. The first-order chi connectivity index (χ1) is 0. The Balaban J connectivity index is 0. The van der Waals surface area contributed by atoms with Crippen LogP contribution in [-0.2, 0) is 0 Å². The molecule has 0 unspecified atom stereocenters. The molecular formula is H3Na3O3. The summed E-state index contributed by atoms with van der Waals surface area (Å²) in [5.74, 6) is 0. The quantitative estimate of drug-likeness (QED) is 0.297. The summed E-state index contributed by atoms with van der Waals surface area (Å²) < 4.78 is 0. The maximum atomic E-state index is 0. The van der Waals surface area contributed by atoms with Gasteiger partial charge in [-0.2, -0.15) is 0 Å². The Hall–Kier alpha value is 2.88. The molecule has 0 saturated carbocycles. The number of hydrogen-bond donors (Lipinski definition) is 0. The third kappa shape index (κ3) is 28.7. The van der Waals surface area contributed by atoms with Crippen molar-refractivity contribution in [1.82, 2.24) is 0 Å². The summed E-state index contributed by atoms with van der Waals surface area (Å²) >= 11 is 0. The summed E-state index contributed by atoms with van der Waals surface area (Å²) in [5, 5.41) is 0. The Bertz CT molecular complexity index is 6.00. The topological polar surface area (TPSA) is 90.0 Å². The average molecular weight is 120 g/mol. The van der Waals surface area contributed by atoms with Gasteiger partial charge in [0.05, 0.1) is 0 Å². The van der Waals surface area contributed by atoms with E-state index in [1.165, 1.54) is 0 Å². The first-order valence-electron chi connectivity index (χ1n) is 0. The van der Waals surface area contributed by atoms with Crippen molar-refractivity contribution < 1.29 is 105 Å². The van der Waals surface area contributed by atoms with Gasteiger partial charge in [-0.1, -0.05) is 0 Å². The van der Waals surface area contributed by atoms with Crippen molar-refractivity contribution in [2.24, 2.45) is 0 Å². The third-order valence-electron chi connectivity index (χ3n) is 0. The van der Waals surface area contributed by atoms with E-state index in [2.05, 4.69) is 0 Å². The van der Waals surface area contributed by atoms with Gasteiger partial charge in [-0.3, -0.25) is 0 Å². The van der Waals surface area contributed by atoms with Crippen LogP contribution in [0.4, 0.5) is 0 Å². The average Bonchev–Trinajstić information content (AvgIpc) is 0. The SMILES string of the molecule is [Na+].[Na+].[Na+].[OH-].[OH-].[OH-]. The zero-order chi connectivity index (χ0) is 0. The fraction of sp³-hybridized carbons (Fsp3) is 0. The first kappa shape index (κ1) is 66.5. The van der Waals surface area contributed by atoms with Crippen LogP contribution in [0.25, 0.3) is 0 Å². The van der Waals surface area contributed by atoms with Gasteiger partial charge in [-0.15, -0.1) is 0 Å². The maximum absolute atomic E-state index is 0. The van der Waals surface area contributed by atoms with Gasteiger partial charge in [0.25, 0.3) is 0 Å². The van der Waals surface area contributed by atoms with E-state index in [1.807, 2.05) is 0 Å². The van der Waals surface area contributed by atoms with E-state index in [-0.39, 0.29) is 105 Å². The minimum atomic E-state index is 0. The van der Waals surface area contributed by atoms with Gasteiger partial charge in [0.2, 0.25) is 0 Å². The van der Waals surface area contributed by atoms with Crippen LogP contribution in [0.2, 0.25) is 0 Å². The molecule has 24 valence electrons. The van der Waals surface area contributed by atoms with E-state index < -0.39 is 0 Å². The zero-order valence-electron chi connectivity index (χ0n) is 4.34. The molecule has 0 fully saturated rings. The molecule has 0 aromatic rings. The van der Waals surface area contributed by atoms with Gasteiger partial charge in [0.1, 0.15) is 0 Å². The van der Waals surface area contributed by atoms with Gasteiger partial charge >= 0.3 is 88.7 Å². The van der Waals surface area contributed by atoms with Gasteiger partial charge in [-0.05, 0) is 0 Å².